The number of halogens is 1. The van der Waals surface area contributed by atoms with E-state index in [4.69, 9.17) is 4.74 Å². The number of ether oxygens (including phenoxy) is 1. The summed E-state index contributed by atoms with van der Waals surface area (Å²) in [5.74, 6) is 0. The molecule has 1 aromatic rings. The van der Waals surface area contributed by atoms with Crippen LogP contribution < -0.4 is 5.32 Å². The Bertz CT molecular complexity index is 472. The predicted octanol–water partition coefficient (Wildman–Crippen LogP) is 3.31. The van der Waals surface area contributed by atoms with E-state index in [0.717, 1.165) is 36.3 Å². The van der Waals surface area contributed by atoms with E-state index in [0.29, 0.717) is 6.61 Å². The molecule has 0 unspecified atom stereocenters. The Labute approximate surface area is 136 Å². The van der Waals surface area contributed by atoms with Crippen molar-refractivity contribution in [3.63, 3.8) is 0 Å². The molecule has 0 spiro atoms. The highest BCUT2D eigenvalue weighted by Crippen LogP contribution is 2.25. The SMILES string of the molecule is CN(CCOCc1ccc(CNC2CC2)cc1Br)C1CC1. The Morgan fingerprint density at radius 1 is 1.29 bits per heavy atom. The monoisotopic (exact) mass is 352 g/mol. The average Bonchev–Trinajstić information content (AvgIpc) is 3.36. The van der Waals surface area contributed by atoms with Gasteiger partial charge in [0.1, 0.15) is 0 Å². The number of hydrogen-bond donors (Lipinski definition) is 1. The maximum atomic E-state index is 5.81. The maximum absolute atomic E-state index is 5.81. The van der Waals surface area contributed by atoms with Crippen molar-refractivity contribution in [3.05, 3.63) is 33.8 Å². The lowest BCUT2D eigenvalue weighted by atomic mass is 10.1. The molecular weight excluding hydrogens is 328 g/mol. The zero-order chi connectivity index (χ0) is 14.7. The molecule has 0 heterocycles. The number of likely N-dealkylation sites (N-methyl/N-ethyl adjacent to an activating group) is 1. The van der Waals surface area contributed by atoms with Crippen molar-refractivity contribution in [2.24, 2.45) is 0 Å². The van der Waals surface area contributed by atoms with Crippen LogP contribution in [0.4, 0.5) is 0 Å². The van der Waals surface area contributed by atoms with E-state index in [1.807, 2.05) is 0 Å². The van der Waals surface area contributed by atoms with Crippen LogP contribution in [-0.2, 0) is 17.9 Å². The van der Waals surface area contributed by atoms with Gasteiger partial charge in [-0.2, -0.15) is 0 Å². The third-order valence-electron chi connectivity index (χ3n) is 4.31. The average molecular weight is 353 g/mol. The molecule has 0 radical (unpaired) electrons. The van der Waals surface area contributed by atoms with Crippen LogP contribution in [0, 0.1) is 0 Å². The molecule has 2 aliphatic carbocycles. The highest BCUT2D eigenvalue weighted by atomic mass is 79.9. The molecule has 0 aromatic heterocycles. The van der Waals surface area contributed by atoms with Gasteiger partial charge in [0, 0.05) is 29.6 Å². The summed E-state index contributed by atoms with van der Waals surface area (Å²) < 4.78 is 6.97. The van der Waals surface area contributed by atoms with E-state index in [1.54, 1.807) is 0 Å². The molecule has 21 heavy (non-hydrogen) atoms. The molecule has 2 fully saturated rings. The number of nitrogens with one attached hydrogen (secondary N) is 1. The van der Waals surface area contributed by atoms with Crippen molar-refractivity contribution in [1.29, 1.82) is 0 Å². The first-order valence-corrected chi connectivity index (χ1v) is 8.80. The Balaban J connectivity index is 1.39. The topological polar surface area (TPSA) is 24.5 Å². The van der Waals surface area contributed by atoms with Crippen molar-refractivity contribution >= 4 is 15.9 Å². The van der Waals surface area contributed by atoms with Gasteiger partial charge in [-0.25, -0.2) is 0 Å². The summed E-state index contributed by atoms with van der Waals surface area (Å²) in [5, 5.41) is 3.54. The van der Waals surface area contributed by atoms with Gasteiger partial charge in [-0.05, 0) is 49.9 Å². The van der Waals surface area contributed by atoms with Crippen LogP contribution in [0.1, 0.15) is 36.8 Å². The lowest BCUT2D eigenvalue weighted by Crippen LogP contribution is -2.25. The van der Waals surface area contributed by atoms with Crippen molar-refractivity contribution in [3.8, 4) is 0 Å². The molecule has 3 rings (SSSR count). The van der Waals surface area contributed by atoms with Crippen LogP contribution in [0.5, 0.6) is 0 Å². The van der Waals surface area contributed by atoms with E-state index in [1.165, 1.54) is 36.8 Å². The second kappa shape index (κ2) is 7.23. The minimum absolute atomic E-state index is 0.690. The van der Waals surface area contributed by atoms with Crippen molar-refractivity contribution in [2.75, 3.05) is 20.2 Å². The maximum Gasteiger partial charge on any atom is 0.0728 e. The molecule has 0 bridgehead atoms. The summed E-state index contributed by atoms with van der Waals surface area (Å²) in [6.45, 7) is 3.50. The number of nitrogens with zero attached hydrogens (tertiary/aromatic N) is 1. The molecular formula is C17H25BrN2O. The minimum Gasteiger partial charge on any atom is -0.375 e. The molecule has 0 amide bonds. The van der Waals surface area contributed by atoms with Gasteiger partial charge in [0.2, 0.25) is 0 Å². The van der Waals surface area contributed by atoms with Crippen LogP contribution in [-0.4, -0.2) is 37.2 Å². The fourth-order valence-electron chi connectivity index (χ4n) is 2.46. The van der Waals surface area contributed by atoms with Crippen LogP contribution >= 0.6 is 15.9 Å². The fraction of sp³-hybridized carbons (Fsp3) is 0.647. The van der Waals surface area contributed by atoms with Gasteiger partial charge in [0.25, 0.3) is 0 Å². The molecule has 3 nitrogen and oxygen atoms in total. The largest absolute Gasteiger partial charge is 0.375 e. The Morgan fingerprint density at radius 3 is 2.76 bits per heavy atom. The van der Waals surface area contributed by atoms with E-state index < -0.39 is 0 Å². The second-order valence-electron chi connectivity index (χ2n) is 6.35. The Kier molecular flexibility index (Phi) is 5.33. The normalized spacial score (nSPS) is 18.4. The lowest BCUT2D eigenvalue weighted by Gasteiger charge is -2.15. The second-order valence-corrected chi connectivity index (χ2v) is 7.20. The summed E-state index contributed by atoms with van der Waals surface area (Å²) in [4.78, 5) is 2.40. The quantitative estimate of drug-likeness (QED) is 0.690. The van der Waals surface area contributed by atoms with Crippen LogP contribution in [0.3, 0.4) is 0 Å². The van der Waals surface area contributed by atoms with Crippen molar-refractivity contribution < 1.29 is 4.74 Å². The van der Waals surface area contributed by atoms with Gasteiger partial charge in [-0.3, -0.25) is 0 Å². The molecule has 1 N–H and O–H groups in total. The van der Waals surface area contributed by atoms with E-state index in [9.17, 15) is 0 Å². The minimum atomic E-state index is 0.690. The summed E-state index contributed by atoms with van der Waals surface area (Å²) >= 11 is 3.67. The molecule has 1 aromatic carbocycles. The Morgan fingerprint density at radius 2 is 2.10 bits per heavy atom. The lowest BCUT2D eigenvalue weighted by molar-refractivity contribution is 0.0975. The molecule has 2 aliphatic rings. The van der Waals surface area contributed by atoms with Gasteiger partial charge in [-0.15, -0.1) is 0 Å². The molecule has 2 saturated carbocycles. The van der Waals surface area contributed by atoms with Crippen molar-refractivity contribution in [2.45, 2.75) is 50.9 Å². The standard InChI is InChI=1S/C17H25BrN2O/c1-20(16-6-7-16)8-9-21-12-14-3-2-13(10-17(14)18)11-19-15-4-5-15/h2-3,10,15-16,19H,4-9,11-12H2,1H3. The first-order chi connectivity index (χ1) is 10.2. The smallest absolute Gasteiger partial charge is 0.0728 e. The number of hydrogen-bond acceptors (Lipinski definition) is 3. The van der Waals surface area contributed by atoms with Crippen molar-refractivity contribution in [1.82, 2.24) is 10.2 Å². The van der Waals surface area contributed by atoms with Gasteiger partial charge < -0.3 is 15.0 Å². The molecule has 0 atom stereocenters. The summed E-state index contributed by atoms with van der Waals surface area (Å²) in [6, 6.07) is 8.17. The van der Waals surface area contributed by atoms with E-state index in [-0.39, 0.29) is 0 Å². The molecule has 0 aliphatic heterocycles. The molecule has 116 valence electrons. The van der Waals surface area contributed by atoms with Crippen LogP contribution in [0.15, 0.2) is 22.7 Å². The van der Waals surface area contributed by atoms with Crippen LogP contribution in [0.2, 0.25) is 0 Å². The summed E-state index contributed by atoms with van der Waals surface area (Å²) in [6.07, 6.45) is 5.39. The van der Waals surface area contributed by atoms with E-state index in [2.05, 4.69) is 51.4 Å². The molecule has 4 heteroatoms. The van der Waals surface area contributed by atoms with Gasteiger partial charge >= 0.3 is 0 Å². The first kappa shape index (κ1) is 15.5. The highest BCUT2D eigenvalue weighted by molar-refractivity contribution is 9.10. The summed E-state index contributed by atoms with van der Waals surface area (Å²) in [5.41, 5.74) is 2.57. The third kappa shape index (κ3) is 5.06. The number of benzene rings is 1. The Hall–Kier alpha value is -0.420. The van der Waals surface area contributed by atoms with E-state index >= 15 is 0 Å². The molecule has 0 saturated heterocycles. The van der Waals surface area contributed by atoms with Crippen LogP contribution in [0.25, 0.3) is 0 Å². The fourth-order valence-corrected chi connectivity index (χ4v) is 3.00. The first-order valence-electron chi connectivity index (χ1n) is 8.01. The van der Waals surface area contributed by atoms with Gasteiger partial charge in [0.05, 0.1) is 13.2 Å². The highest BCUT2D eigenvalue weighted by Gasteiger charge is 2.25. The zero-order valence-corrected chi connectivity index (χ0v) is 14.4. The zero-order valence-electron chi connectivity index (χ0n) is 12.8. The predicted molar refractivity (Wildman–Crippen MR) is 89.3 cm³/mol. The summed E-state index contributed by atoms with van der Waals surface area (Å²) in [7, 11) is 2.19. The number of rotatable bonds is 9. The van der Waals surface area contributed by atoms with Gasteiger partial charge in [-0.1, -0.05) is 28.1 Å². The van der Waals surface area contributed by atoms with Gasteiger partial charge in [0.15, 0.2) is 0 Å². The third-order valence-corrected chi connectivity index (χ3v) is 5.04.